The van der Waals surface area contributed by atoms with Crippen molar-refractivity contribution in [3.63, 3.8) is 0 Å². The van der Waals surface area contributed by atoms with Crippen LogP contribution in [-0.2, 0) is 20.9 Å². The van der Waals surface area contributed by atoms with Gasteiger partial charge in [-0.3, -0.25) is 0 Å². The summed E-state index contributed by atoms with van der Waals surface area (Å²) in [4.78, 5) is 18.2. The first-order valence-electron chi connectivity index (χ1n) is 7.81. The second-order valence-electron chi connectivity index (χ2n) is 5.68. The van der Waals surface area contributed by atoms with Gasteiger partial charge in [-0.1, -0.05) is 26.0 Å². The third-order valence-electron chi connectivity index (χ3n) is 2.83. The van der Waals surface area contributed by atoms with Crippen LogP contribution in [0.5, 0.6) is 5.75 Å². The second-order valence-corrected chi connectivity index (χ2v) is 5.68. The van der Waals surface area contributed by atoms with Gasteiger partial charge in [0.15, 0.2) is 0 Å². The van der Waals surface area contributed by atoms with Crippen LogP contribution in [0.15, 0.2) is 24.3 Å². The number of rotatable bonds is 9. The summed E-state index contributed by atoms with van der Waals surface area (Å²) in [7, 11) is 1.64. The number of aliphatic hydroxyl groups excluding tert-OH is 1. The molecule has 0 amide bonds. The predicted molar refractivity (Wildman–Crippen MR) is 91.6 cm³/mol. The summed E-state index contributed by atoms with van der Waals surface area (Å²) in [5.74, 6) is -2.24. The van der Waals surface area contributed by atoms with Gasteiger partial charge in [-0.15, -0.1) is 0 Å². The van der Waals surface area contributed by atoms with Gasteiger partial charge in [0.25, 0.3) is 0 Å². The van der Waals surface area contributed by atoms with E-state index in [9.17, 15) is 5.11 Å². The van der Waals surface area contributed by atoms with E-state index in [4.69, 9.17) is 29.3 Å². The number of carbonyl (C=O) groups is 2. The van der Waals surface area contributed by atoms with Gasteiger partial charge in [-0.25, -0.2) is 9.59 Å². The highest BCUT2D eigenvalue weighted by atomic mass is 16.5. The van der Waals surface area contributed by atoms with Gasteiger partial charge < -0.3 is 30.1 Å². The molecule has 0 bridgehead atoms. The minimum Gasteiger partial charge on any atom is -0.497 e. The maximum Gasteiger partial charge on any atom is 0.414 e. The average Bonchev–Trinajstić information content (AvgIpc) is 2.55. The third-order valence-corrected chi connectivity index (χ3v) is 2.83. The fourth-order valence-electron chi connectivity index (χ4n) is 1.67. The summed E-state index contributed by atoms with van der Waals surface area (Å²) >= 11 is 0. The van der Waals surface area contributed by atoms with Crippen LogP contribution in [-0.4, -0.2) is 60.2 Å². The largest absolute Gasteiger partial charge is 0.497 e. The van der Waals surface area contributed by atoms with Crippen LogP contribution in [0.1, 0.15) is 19.4 Å². The Hall–Kier alpha value is -2.16. The molecule has 0 saturated heterocycles. The van der Waals surface area contributed by atoms with Crippen molar-refractivity contribution in [3.8, 4) is 5.75 Å². The first-order valence-corrected chi connectivity index (χ1v) is 7.81. The number of carboxylic acids is 2. The Balaban J connectivity index is 0.000000823. The Morgan fingerprint density at radius 2 is 1.80 bits per heavy atom. The van der Waals surface area contributed by atoms with Crippen molar-refractivity contribution < 1.29 is 34.4 Å². The maximum atomic E-state index is 9.73. The van der Waals surface area contributed by atoms with E-state index in [1.165, 1.54) is 0 Å². The lowest BCUT2D eigenvalue weighted by molar-refractivity contribution is -0.159. The molecule has 0 fully saturated rings. The topological polar surface area (TPSA) is 125 Å². The quantitative estimate of drug-likeness (QED) is 0.482. The molecule has 0 aliphatic rings. The van der Waals surface area contributed by atoms with Gasteiger partial charge in [0, 0.05) is 6.54 Å². The van der Waals surface area contributed by atoms with E-state index in [1.807, 2.05) is 24.3 Å². The van der Waals surface area contributed by atoms with Crippen molar-refractivity contribution in [3.05, 3.63) is 29.8 Å². The zero-order valence-corrected chi connectivity index (χ0v) is 14.8. The first kappa shape index (κ1) is 22.8. The van der Waals surface area contributed by atoms with Crippen molar-refractivity contribution >= 4 is 11.9 Å². The summed E-state index contributed by atoms with van der Waals surface area (Å²) in [5, 5.41) is 27.7. The fraction of sp³-hybridized carbons (Fsp3) is 0.529. The zero-order chi connectivity index (χ0) is 19.2. The molecule has 0 aliphatic carbocycles. The second kappa shape index (κ2) is 13.2. The number of benzene rings is 1. The Morgan fingerprint density at radius 3 is 2.32 bits per heavy atom. The molecule has 142 valence electrons. The van der Waals surface area contributed by atoms with Gasteiger partial charge >= 0.3 is 11.9 Å². The lowest BCUT2D eigenvalue weighted by atomic mass is 10.2. The Kier molecular flexibility index (Phi) is 12.0. The van der Waals surface area contributed by atoms with Crippen LogP contribution >= 0.6 is 0 Å². The van der Waals surface area contributed by atoms with Crippen molar-refractivity contribution in [2.24, 2.45) is 5.92 Å². The molecule has 8 nitrogen and oxygen atoms in total. The number of nitrogens with one attached hydrogen (secondary N) is 1. The van der Waals surface area contributed by atoms with Crippen LogP contribution in [0.25, 0.3) is 0 Å². The standard InChI is InChI=1S/C15H25NO3.C2H2O4/c1-12(2)8-16-9-14(17)11-19-10-13-5-4-6-15(7-13)18-3;3-1(4)2(5)6/h4-7,12,14,16-17H,8-11H2,1-3H3;(H,3,4)(H,5,6). The van der Waals surface area contributed by atoms with E-state index in [1.54, 1.807) is 7.11 Å². The molecule has 1 aromatic carbocycles. The van der Waals surface area contributed by atoms with E-state index < -0.39 is 18.0 Å². The smallest absolute Gasteiger partial charge is 0.414 e. The van der Waals surface area contributed by atoms with E-state index in [0.29, 0.717) is 25.7 Å². The van der Waals surface area contributed by atoms with Crippen LogP contribution in [0.4, 0.5) is 0 Å². The molecule has 0 radical (unpaired) electrons. The Bertz CT molecular complexity index is 507. The van der Waals surface area contributed by atoms with Crippen LogP contribution < -0.4 is 10.1 Å². The highest BCUT2D eigenvalue weighted by molar-refractivity contribution is 6.27. The van der Waals surface area contributed by atoms with Crippen molar-refractivity contribution in [1.82, 2.24) is 5.32 Å². The lowest BCUT2D eigenvalue weighted by Crippen LogP contribution is -2.32. The highest BCUT2D eigenvalue weighted by Gasteiger charge is 2.05. The molecule has 4 N–H and O–H groups in total. The first-order chi connectivity index (χ1) is 11.8. The van der Waals surface area contributed by atoms with Crippen molar-refractivity contribution in [1.29, 1.82) is 0 Å². The zero-order valence-electron chi connectivity index (χ0n) is 14.8. The molecule has 0 saturated carbocycles. The lowest BCUT2D eigenvalue weighted by Gasteiger charge is -2.13. The number of hydrogen-bond donors (Lipinski definition) is 4. The minimum absolute atomic E-state index is 0.336. The fourth-order valence-corrected chi connectivity index (χ4v) is 1.67. The normalized spacial score (nSPS) is 11.4. The number of carboxylic acid groups (broad SMARTS) is 2. The summed E-state index contributed by atoms with van der Waals surface area (Å²) < 4.78 is 10.6. The summed E-state index contributed by atoms with van der Waals surface area (Å²) in [6.45, 7) is 6.57. The molecule has 25 heavy (non-hydrogen) atoms. The van der Waals surface area contributed by atoms with Crippen molar-refractivity contribution in [2.75, 3.05) is 26.8 Å². The van der Waals surface area contributed by atoms with Gasteiger partial charge in [-0.2, -0.15) is 0 Å². The number of aliphatic carboxylic acids is 2. The highest BCUT2D eigenvalue weighted by Crippen LogP contribution is 2.13. The number of methoxy groups -OCH3 is 1. The molecule has 0 heterocycles. The Morgan fingerprint density at radius 1 is 1.16 bits per heavy atom. The molecule has 1 aromatic rings. The molecule has 0 spiro atoms. The SMILES string of the molecule is COc1cccc(COCC(O)CNCC(C)C)c1.O=C(O)C(=O)O. The predicted octanol–water partition coefficient (Wildman–Crippen LogP) is 0.974. The van der Waals surface area contributed by atoms with E-state index in [0.717, 1.165) is 17.9 Å². The number of ether oxygens (including phenoxy) is 2. The Labute approximate surface area is 147 Å². The number of hydrogen-bond acceptors (Lipinski definition) is 6. The van der Waals surface area contributed by atoms with Gasteiger partial charge in [0.1, 0.15) is 5.75 Å². The molecular weight excluding hydrogens is 330 g/mol. The van der Waals surface area contributed by atoms with Crippen LogP contribution in [0, 0.1) is 5.92 Å². The summed E-state index contributed by atoms with van der Waals surface area (Å²) in [6, 6.07) is 7.74. The average molecular weight is 357 g/mol. The molecular formula is C17H27NO7. The van der Waals surface area contributed by atoms with Gasteiger partial charge in [-0.05, 0) is 30.2 Å². The molecule has 8 heteroatoms. The maximum absolute atomic E-state index is 9.73. The molecule has 1 unspecified atom stereocenters. The summed E-state index contributed by atoms with van der Waals surface area (Å²) in [5.41, 5.74) is 1.04. The monoisotopic (exact) mass is 357 g/mol. The van der Waals surface area contributed by atoms with Crippen LogP contribution in [0.2, 0.25) is 0 Å². The van der Waals surface area contributed by atoms with Crippen LogP contribution in [0.3, 0.4) is 0 Å². The minimum atomic E-state index is -1.82. The molecule has 0 aliphatic heterocycles. The van der Waals surface area contributed by atoms with Crippen molar-refractivity contribution in [2.45, 2.75) is 26.6 Å². The van der Waals surface area contributed by atoms with E-state index in [2.05, 4.69) is 19.2 Å². The van der Waals surface area contributed by atoms with Gasteiger partial charge in [0.05, 0.1) is 26.4 Å². The molecule has 1 atom stereocenters. The molecule has 1 rings (SSSR count). The number of aliphatic hydroxyl groups is 1. The third kappa shape index (κ3) is 12.9. The molecule has 0 aromatic heterocycles. The van der Waals surface area contributed by atoms with E-state index in [-0.39, 0.29) is 0 Å². The summed E-state index contributed by atoms with van der Waals surface area (Å²) in [6.07, 6.45) is -0.468. The van der Waals surface area contributed by atoms with E-state index >= 15 is 0 Å². The van der Waals surface area contributed by atoms with Gasteiger partial charge in [0.2, 0.25) is 0 Å².